The van der Waals surface area contributed by atoms with Crippen LogP contribution in [0.25, 0.3) is 0 Å². The molecule has 0 N–H and O–H groups in total. The van der Waals surface area contributed by atoms with Crippen molar-refractivity contribution in [3.05, 3.63) is 59.7 Å². The van der Waals surface area contributed by atoms with Crippen LogP contribution in [0.15, 0.2) is 58.3 Å². The minimum absolute atomic E-state index is 0.122. The van der Waals surface area contributed by atoms with Crippen LogP contribution in [0.1, 0.15) is 487 Å². The highest BCUT2D eigenvalue weighted by Gasteiger charge is 2.27. The van der Waals surface area contributed by atoms with E-state index >= 15 is 0 Å². The summed E-state index contributed by atoms with van der Waals surface area (Å²) in [7, 11) is 0. The highest BCUT2D eigenvalue weighted by atomic mass is 32.2. The highest BCUT2D eigenvalue weighted by Crippen LogP contribution is 2.29. The van der Waals surface area contributed by atoms with Crippen LogP contribution in [-0.2, 0) is 0 Å². The molecule has 6 nitrogen and oxygen atoms in total. The Hall–Kier alpha value is -2.35. The molecule has 0 aliphatic carbocycles. The molecule has 0 spiro atoms. The van der Waals surface area contributed by atoms with E-state index in [-0.39, 0.29) is 11.1 Å². The summed E-state index contributed by atoms with van der Waals surface area (Å²) >= 11 is 1.40. The first-order valence-electron chi connectivity index (χ1n) is 45.6. The van der Waals surface area contributed by atoms with Gasteiger partial charge in [0.1, 0.15) is 0 Å². The summed E-state index contributed by atoms with van der Waals surface area (Å²) < 4.78 is 2.97. The molecule has 0 amide bonds. The molecule has 0 radical (unpaired) electrons. The average molecular weight is 1430 g/mol. The van der Waals surface area contributed by atoms with Crippen molar-refractivity contribution in [2.75, 3.05) is 52.4 Å². The molecular weight excluding hydrogens is 1250 g/mol. The van der Waals surface area contributed by atoms with Crippen LogP contribution in [0.5, 0.6) is 0 Å². The van der Waals surface area contributed by atoms with Gasteiger partial charge in [0, 0.05) is 9.79 Å². The lowest BCUT2D eigenvalue weighted by atomic mass is 10.0. The van der Waals surface area contributed by atoms with Crippen molar-refractivity contribution in [2.45, 2.75) is 476 Å². The van der Waals surface area contributed by atoms with Gasteiger partial charge in [0.15, 0.2) is 0 Å². The lowest BCUT2D eigenvalue weighted by Crippen LogP contribution is -2.50. The molecule has 2 aromatic rings. The van der Waals surface area contributed by atoms with Gasteiger partial charge in [0.05, 0.1) is 64.3 Å². The lowest BCUT2D eigenvalue weighted by molar-refractivity contribution is -0.929. The standard InChI is InChI=1S/2C40H84N.C14H10O4S/c2*1-5-9-13-17-21-25-29-33-37-41(38-34-30-26-22-18-14-10-6-2,39-35-31-27-23-19-15-11-7-3)40-36-32-28-24-20-16-12-8-4;15-13(16)9-1-5-11(6-2-9)19-12-7-3-10(4-8-12)14(17)18/h2*5-40H2,1-4H3;1-8H,(H,15,16)(H,17,18)/q2*+1;/p-2. The van der Waals surface area contributed by atoms with E-state index < -0.39 is 11.9 Å². The maximum atomic E-state index is 10.6. The Kier molecular flexibility index (Phi) is 75.5. The van der Waals surface area contributed by atoms with E-state index in [1.54, 1.807) is 24.3 Å². The smallest absolute Gasteiger partial charge is 0.0786 e. The van der Waals surface area contributed by atoms with Crippen molar-refractivity contribution in [3.8, 4) is 0 Å². The summed E-state index contributed by atoms with van der Waals surface area (Å²) in [5, 5.41) is 21.2. The number of aromatic carboxylic acids is 2. The van der Waals surface area contributed by atoms with E-state index in [2.05, 4.69) is 55.4 Å². The zero-order valence-electron chi connectivity index (χ0n) is 69.5. The molecule has 0 aromatic heterocycles. The molecule has 0 aliphatic heterocycles. The Balaban J connectivity index is 0.00000158. The number of carbonyl (C=O) groups is 2. The second-order valence-corrected chi connectivity index (χ2v) is 33.1. The predicted molar refractivity (Wildman–Crippen MR) is 446 cm³/mol. The van der Waals surface area contributed by atoms with Gasteiger partial charge in [0.25, 0.3) is 0 Å². The molecular formula is C94H176N2O4S. The van der Waals surface area contributed by atoms with Crippen LogP contribution in [0, 0.1) is 0 Å². The van der Waals surface area contributed by atoms with E-state index in [0.717, 1.165) is 9.79 Å². The van der Waals surface area contributed by atoms with Gasteiger partial charge in [-0.25, -0.2) is 0 Å². The average Bonchev–Trinajstić information content (AvgIpc) is 0.904. The Labute approximate surface area is 636 Å². The summed E-state index contributed by atoms with van der Waals surface area (Å²) in [5.74, 6) is -2.43. The van der Waals surface area contributed by atoms with Crippen molar-refractivity contribution in [2.24, 2.45) is 0 Å². The first-order valence-corrected chi connectivity index (χ1v) is 46.4. The predicted octanol–water partition coefficient (Wildman–Crippen LogP) is 29.3. The van der Waals surface area contributed by atoms with Crippen molar-refractivity contribution >= 4 is 23.7 Å². The Bertz CT molecular complexity index is 1660. The first kappa shape index (κ1) is 98.7. The van der Waals surface area contributed by atoms with Crippen molar-refractivity contribution in [3.63, 3.8) is 0 Å². The SMILES string of the molecule is CCCCCCCCCC[N+](CCCCCCCCCC)(CCCCCCCCCC)CCCCCCCCCC.CCCCCCCCCC[N+](CCCCCCCCCC)(CCCCCCCCCC)CCCCCCCCCC.O=C([O-])c1ccc(Sc2ccc(C(=O)[O-])cc2)cc1. The maximum Gasteiger partial charge on any atom is 0.0786 e. The molecule has 0 saturated carbocycles. The van der Waals surface area contributed by atoms with Crippen LogP contribution in [0.3, 0.4) is 0 Å². The number of rotatable bonds is 76. The zero-order chi connectivity index (χ0) is 73.7. The normalized spacial score (nSPS) is 11.6. The van der Waals surface area contributed by atoms with Gasteiger partial charge in [-0.2, -0.15) is 0 Å². The van der Waals surface area contributed by atoms with Crippen LogP contribution in [0.4, 0.5) is 0 Å². The number of unbranched alkanes of at least 4 members (excludes halogenated alkanes) is 56. The monoisotopic (exact) mass is 1430 g/mol. The number of hydrogen-bond donors (Lipinski definition) is 0. The van der Waals surface area contributed by atoms with E-state index in [1.807, 2.05) is 0 Å². The molecule has 2 aromatic carbocycles. The third-order valence-corrected chi connectivity index (χ3v) is 23.3. The number of carbonyl (C=O) groups excluding carboxylic acids is 2. The number of carboxylic acids is 2. The summed E-state index contributed by atoms with van der Waals surface area (Å²) in [5.41, 5.74) is 0.244. The molecule has 0 bridgehead atoms. The fourth-order valence-electron chi connectivity index (χ4n) is 15.4. The van der Waals surface area contributed by atoms with Gasteiger partial charge in [-0.15, -0.1) is 0 Å². The minimum atomic E-state index is -1.21. The molecule has 0 fully saturated rings. The summed E-state index contributed by atoms with van der Waals surface area (Å²) in [6.07, 6.45) is 93.5. The molecule has 0 atom stereocenters. The van der Waals surface area contributed by atoms with Crippen LogP contribution >= 0.6 is 11.8 Å². The number of quaternary nitrogens is 2. The fraction of sp³-hybridized carbons (Fsp3) is 0.851. The minimum Gasteiger partial charge on any atom is -0.545 e. The van der Waals surface area contributed by atoms with E-state index in [0.29, 0.717) is 0 Å². The number of nitrogens with zero attached hydrogens (tertiary/aromatic N) is 2. The maximum absolute atomic E-state index is 10.6. The van der Waals surface area contributed by atoms with Crippen molar-refractivity contribution in [1.82, 2.24) is 0 Å². The zero-order valence-corrected chi connectivity index (χ0v) is 70.3. The van der Waals surface area contributed by atoms with E-state index in [9.17, 15) is 19.8 Å². The summed E-state index contributed by atoms with van der Waals surface area (Å²) in [6, 6.07) is 12.5. The third-order valence-electron chi connectivity index (χ3n) is 22.3. The number of benzene rings is 2. The summed E-state index contributed by atoms with van der Waals surface area (Å²) in [6.45, 7) is 30.6. The molecule has 0 saturated heterocycles. The molecule has 101 heavy (non-hydrogen) atoms. The highest BCUT2D eigenvalue weighted by molar-refractivity contribution is 7.99. The molecule has 2 rings (SSSR count). The lowest BCUT2D eigenvalue weighted by Gasteiger charge is -2.40. The molecule has 592 valence electrons. The fourth-order valence-corrected chi connectivity index (χ4v) is 16.3. The van der Waals surface area contributed by atoms with E-state index in [4.69, 9.17) is 0 Å². The van der Waals surface area contributed by atoms with Crippen LogP contribution in [0.2, 0.25) is 0 Å². The second-order valence-electron chi connectivity index (χ2n) is 32.0. The Morgan fingerprint density at radius 2 is 0.327 bits per heavy atom. The van der Waals surface area contributed by atoms with Crippen molar-refractivity contribution < 1.29 is 28.8 Å². The van der Waals surface area contributed by atoms with Gasteiger partial charge in [-0.05, 0) is 138 Å². The van der Waals surface area contributed by atoms with E-state index in [1.165, 1.54) is 508 Å². The number of carboxylic acid groups (broad SMARTS) is 2. The van der Waals surface area contributed by atoms with Crippen molar-refractivity contribution in [1.29, 1.82) is 0 Å². The van der Waals surface area contributed by atoms with Gasteiger partial charge >= 0.3 is 0 Å². The Morgan fingerprint density at radius 3 is 0.446 bits per heavy atom. The molecule has 0 heterocycles. The van der Waals surface area contributed by atoms with Gasteiger partial charge in [-0.3, -0.25) is 0 Å². The van der Waals surface area contributed by atoms with Crippen LogP contribution < -0.4 is 10.2 Å². The van der Waals surface area contributed by atoms with Gasteiger partial charge in [-0.1, -0.05) is 400 Å². The summed E-state index contributed by atoms with van der Waals surface area (Å²) in [4.78, 5) is 22.9. The molecule has 0 unspecified atom stereocenters. The first-order chi connectivity index (χ1) is 49.5. The van der Waals surface area contributed by atoms with Gasteiger partial charge < -0.3 is 28.8 Å². The Morgan fingerprint density at radius 1 is 0.208 bits per heavy atom. The van der Waals surface area contributed by atoms with Gasteiger partial charge in [0.2, 0.25) is 0 Å². The molecule has 0 aliphatic rings. The molecule has 7 heteroatoms. The second kappa shape index (κ2) is 77.3. The number of hydrogen-bond acceptors (Lipinski definition) is 5. The quantitative estimate of drug-likeness (QED) is 0.0487. The largest absolute Gasteiger partial charge is 0.545 e. The topological polar surface area (TPSA) is 80.3 Å². The van der Waals surface area contributed by atoms with Crippen LogP contribution in [-0.4, -0.2) is 73.3 Å². The third kappa shape index (κ3) is 64.5.